The maximum absolute atomic E-state index is 12.1. The summed E-state index contributed by atoms with van der Waals surface area (Å²) in [5.41, 5.74) is 0. The van der Waals surface area contributed by atoms with Crippen LogP contribution in [0.2, 0.25) is 0 Å². The maximum Gasteiger partial charge on any atom is 0.237 e. The van der Waals surface area contributed by atoms with Crippen LogP contribution in [0.5, 0.6) is 0 Å². The van der Waals surface area contributed by atoms with Crippen LogP contribution in [0.25, 0.3) is 0 Å². The summed E-state index contributed by atoms with van der Waals surface area (Å²) in [5, 5.41) is 7.19. The summed E-state index contributed by atoms with van der Waals surface area (Å²) in [6, 6.07) is 0.416. The zero-order valence-electron chi connectivity index (χ0n) is 12.8. The Morgan fingerprint density at radius 3 is 2.67 bits per heavy atom. The predicted octanol–water partition coefficient (Wildman–Crippen LogP) is -0.400. The number of carbonyl (C=O) groups excluding carboxylic acids is 1. The van der Waals surface area contributed by atoms with Gasteiger partial charge in [0.15, 0.2) is 0 Å². The number of nitrogens with zero attached hydrogens (tertiary/aromatic N) is 5. The van der Waals surface area contributed by atoms with E-state index in [9.17, 15) is 4.79 Å². The van der Waals surface area contributed by atoms with Crippen molar-refractivity contribution in [1.29, 1.82) is 0 Å². The average Bonchev–Trinajstić information content (AvgIpc) is 3.21. The maximum atomic E-state index is 12.1. The Morgan fingerprint density at radius 2 is 2.10 bits per heavy atom. The fourth-order valence-corrected chi connectivity index (χ4v) is 2.69. The summed E-state index contributed by atoms with van der Waals surface area (Å²) < 4.78 is 1.82. The summed E-state index contributed by atoms with van der Waals surface area (Å²) in [7, 11) is 1.92. The number of aromatic nitrogens is 3. The molecule has 7 nitrogen and oxygen atoms in total. The Kier molecular flexibility index (Phi) is 4.21. The lowest BCUT2D eigenvalue weighted by Crippen LogP contribution is -2.54. The molecule has 0 aromatic carbocycles. The molecule has 116 valence electrons. The molecule has 0 radical (unpaired) electrons. The SMILES string of the molecule is CC(C(=O)NC1CC1)N1CCN(Cc2ncnn2C)CC1. The fraction of sp³-hybridized carbons (Fsp3) is 0.786. The highest BCUT2D eigenvalue weighted by Crippen LogP contribution is 2.19. The van der Waals surface area contributed by atoms with Crippen molar-refractivity contribution >= 4 is 5.91 Å². The summed E-state index contributed by atoms with van der Waals surface area (Å²) in [6.07, 6.45) is 3.88. The molecule has 1 saturated heterocycles. The Morgan fingerprint density at radius 1 is 1.38 bits per heavy atom. The van der Waals surface area contributed by atoms with E-state index in [1.165, 1.54) is 0 Å². The van der Waals surface area contributed by atoms with Gasteiger partial charge in [0.2, 0.25) is 5.91 Å². The van der Waals surface area contributed by atoms with Crippen molar-refractivity contribution in [3.63, 3.8) is 0 Å². The molecule has 21 heavy (non-hydrogen) atoms. The second kappa shape index (κ2) is 6.11. The van der Waals surface area contributed by atoms with Gasteiger partial charge in [0.25, 0.3) is 0 Å². The average molecular weight is 292 g/mol. The molecule has 1 aliphatic heterocycles. The highest BCUT2D eigenvalue weighted by atomic mass is 16.2. The van der Waals surface area contributed by atoms with Crippen LogP contribution in [0.1, 0.15) is 25.6 Å². The first-order chi connectivity index (χ1) is 10.1. The van der Waals surface area contributed by atoms with Crippen LogP contribution < -0.4 is 5.32 Å². The van der Waals surface area contributed by atoms with E-state index in [0.717, 1.165) is 51.4 Å². The molecule has 0 bridgehead atoms. The second-order valence-corrected chi connectivity index (χ2v) is 6.07. The molecule has 2 heterocycles. The number of amides is 1. The standard InChI is InChI=1S/C14H24N6O/c1-11(14(21)17-12-3-4-12)20-7-5-19(6-8-20)9-13-15-10-16-18(13)2/h10-12H,3-9H2,1-2H3,(H,17,21). The van der Waals surface area contributed by atoms with Gasteiger partial charge in [0, 0.05) is 39.3 Å². The molecule has 2 aliphatic rings. The molecule has 1 aliphatic carbocycles. The van der Waals surface area contributed by atoms with Crippen molar-refractivity contribution in [3.8, 4) is 0 Å². The van der Waals surface area contributed by atoms with Crippen molar-refractivity contribution < 1.29 is 4.79 Å². The number of aryl methyl sites for hydroxylation is 1. The summed E-state index contributed by atoms with van der Waals surface area (Å²) in [4.78, 5) is 21.0. The van der Waals surface area contributed by atoms with E-state index in [1.807, 2.05) is 18.7 Å². The summed E-state index contributed by atoms with van der Waals surface area (Å²) >= 11 is 0. The first kappa shape index (κ1) is 14.5. The number of rotatable bonds is 5. The van der Waals surface area contributed by atoms with E-state index < -0.39 is 0 Å². The second-order valence-electron chi connectivity index (χ2n) is 6.07. The van der Waals surface area contributed by atoms with E-state index in [4.69, 9.17) is 0 Å². The number of piperazine rings is 1. The number of nitrogens with one attached hydrogen (secondary N) is 1. The van der Waals surface area contributed by atoms with Gasteiger partial charge in [-0.1, -0.05) is 0 Å². The molecule has 2 fully saturated rings. The zero-order chi connectivity index (χ0) is 14.8. The Labute approximate surface area is 125 Å². The van der Waals surface area contributed by atoms with Crippen LogP contribution in [0, 0.1) is 0 Å². The van der Waals surface area contributed by atoms with Crippen LogP contribution in [-0.2, 0) is 18.4 Å². The molecule has 1 unspecified atom stereocenters. The topological polar surface area (TPSA) is 66.3 Å². The van der Waals surface area contributed by atoms with Crippen molar-refractivity contribution in [2.75, 3.05) is 26.2 Å². The van der Waals surface area contributed by atoms with Gasteiger partial charge in [0.05, 0.1) is 12.6 Å². The monoisotopic (exact) mass is 292 g/mol. The van der Waals surface area contributed by atoms with E-state index >= 15 is 0 Å². The molecule has 1 N–H and O–H groups in total. The lowest BCUT2D eigenvalue weighted by Gasteiger charge is -2.37. The lowest BCUT2D eigenvalue weighted by atomic mass is 10.2. The summed E-state index contributed by atoms with van der Waals surface area (Å²) in [6.45, 7) is 6.62. The molecule has 3 rings (SSSR count). The van der Waals surface area contributed by atoms with Crippen molar-refractivity contribution in [2.24, 2.45) is 7.05 Å². The molecule has 1 aromatic heterocycles. The first-order valence-corrected chi connectivity index (χ1v) is 7.73. The minimum atomic E-state index is -0.0254. The van der Waals surface area contributed by atoms with Crippen molar-refractivity contribution in [2.45, 2.75) is 38.4 Å². The van der Waals surface area contributed by atoms with Crippen LogP contribution in [0.15, 0.2) is 6.33 Å². The Hall–Kier alpha value is -1.47. The molecule has 1 aromatic rings. The third kappa shape index (κ3) is 3.59. The molecular formula is C14H24N6O. The van der Waals surface area contributed by atoms with Gasteiger partial charge in [-0.25, -0.2) is 4.98 Å². The van der Waals surface area contributed by atoms with Crippen molar-refractivity contribution in [1.82, 2.24) is 29.9 Å². The van der Waals surface area contributed by atoms with Crippen LogP contribution >= 0.6 is 0 Å². The first-order valence-electron chi connectivity index (χ1n) is 7.73. The normalized spacial score (nSPS) is 22.2. The Balaban J connectivity index is 1.45. The zero-order valence-corrected chi connectivity index (χ0v) is 12.8. The highest BCUT2D eigenvalue weighted by molar-refractivity contribution is 5.81. The van der Waals surface area contributed by atoms with E-state index in [1.54, 1.807) is 6.33 Å². The van der Waals surface area contributed by atoms with Gasteiger partial charge in [-0.05, 0) is 19.8 Å². The van der Waals surface area contributed by atoms with Crippen molar-refractivity contribution in [3.05, 3.63) is 12.2 Å². The van der Waals surface area contributed by atoms with E-state index in [0.29, 0.717) is 6.04 Å². The van der Waals surface area contributed by atoms with Crippen LogP contribution in [0.3, 0.4) is 0 Å². The van der Waals surface area contributed by atoms with Gasteiger partial charge >= 0.3 is 0 Å². The quantitative estimate of drug-likeness (QED) is 0.800. The number of hydrogen-bond donors (Lipinski definition) is 1. The molecule has 0 spiro atoms. The van der Waals surface area contributed by atoms with Crippen LogP contribution in [0.4, 0.5) is 0 Å². The molecule has 1 amide bonds. The third-order valence-corrected chi connectivity index (χ3v) is 4.43. The van der Waals surface area contributed by atoms with Gasteiger partial charge in [-0.15, -0.1) is 0 Å². The van der Waals surface area contributed by atoms with Crippen LogP contribution in [-0.4, -0.2) is 68.7 Å². The highest BCUT2D eigenvalue weighted by Gasteiger charge is 2.30. The summed E-state index contributed by atoms with van der Waals surface area (Å²) in [5.74, 6) is 1.17. The molecule has 1 atom stereocenters. The predicted molar refractivity (Wildman–Crippen MR) is 78.5 cm³/mol. The molecule has 1 saturated carbocycles. The number of carbonyl (C=O) groups is 1. The minimum absolute atomic E-state index is 0.0254. The smallest absolute Gasteiger partial charge is 0.237 e. The van der Waals surface area contributed by atoms with Gasteiger partial charge in [-0.2, -0.15) is 5.10 Å². The van der Waals surface area contributed by atoms with E-state index in [-0.39, 0.29) is 11.9 Å². The lowest BCUT2D eigenvalue weighted by molar-refractivity contribution is -0.126. The fourth-order valence-electron chi connectivity index (χ4n) is 2.69. The van der Waals surface area contributed by atoms with Gasteiger partial charge in [0.1, 0.15) is 12.2 Å². The van der Waals surface area contributed by atoms with Gasteiger partial charge in [-0.3, -0.25) is 19.3 Å². The van der Waals surface area contributed by atoms with Gasteiger partial charge < -0.3 is 5.32 Å². The molecule has 7 heteroatoms. The third-order valence-electron chi connectivity index (χ3n) is 4.43. The number of hydrogen-bond acceptors (Lipinski definition) is 5. The Bertz CT molecular complexity index is 489. The minimum Gasteiger partial charge on any atom is -0.352 e. The van der Waals surface area contributed by atoms with E-state index in [2.05, 4.69) is 25.2 Å². The molecular weight excluding hydrogens is 268 g/mol. The largest absolute Gasteiger partial charge is 0.352 e.